The first-order valence-corrected chi connectivity index (χ1v) is 15.0. The summed E-state index contributed by atoms with van der Waals surface area (Å²) in [5.74, 6) is 0.891. The van der Waals surface area contributed by atoms with E-state index in [4.69, 9.17) is 17.3 Å². The largest absolute Gasteiger partial charge is 0.404 e. The van der Waals surface area contributed by atoms with Crippen molar-refractivity contribution < 1.29 is 13.6 Å². The molecule has 8 nitrogen and oxygen atoms in total. The molecule has 224 valence electrons. The Kier molecular flexibility index (Phi) is 10.8. The van der Waals surface area contributed by atoms with Crippen LogP contribution in [0.25, 0.3) is 5.57 Å². The minimum absolute atomic E-state index is 0.0377. The number of halogens is 3. The zero-order valence-corrected chi connectivity index (χ0v) is 24.8. The van der Waals surface area contributed by atoms with E-state index in [0.29, 0.717) is 55.2 Å². The first kappa shape index (κ1) is 31.0. The molecule has 0 saturated carbocycles. The summed E-state index contributed by atoms with van der Waals surface area (Å²) in [5.41, 5.74) is 9.68. The summed E-state index contributed by atoms with van der Waals surface area (Å²) < 4.78 is 28.6. The maximum Gasteiger partial charge on any atom is 0.264 e. The van der Waals surface area contributed by atoms with Crippen LogP contribution in [0.4, 0.5) is 14.5 Å². The van der Waals surface area contributed by atoms with Gasteiger partial charge in [0.1, 0.15) is 5.84 Å². The Bertz CT molecular complexity index is 1210. The number of amides is 1. The molecule has 0 radical (unpaired) electrons. The zero-order valence-electron chi connectivity index (χ0n) is 24.1. The van der Waals surface area contributed by atoms with Gasteiger partial charge in [-0.25, -0.2) is 8.78 Å². The highest BCUT2D eigenvalue weighted by molar-refractivity contribution is 6.17. The molecular weight excluding hydrogens is 548 g/mol. The molecule has 3 heterocycles. The number of alkyl halides is 3. The number of nitrogens with two attached hydrogens (primary N) is 1. The molecule has 11 heteroatoms. The van der Waals surface area contributed by atoms with Crippen molar-refractivity contribution in [2.24, 2.45) is 10.7 Å². The van der Waals surface area contributed by atoms with E-state index >= 15 is 0 Å². The van der Waals surface area contributed by atoms with Crippen LogP contribution in [0.3, 0.4) is 0 Å². The predicted molar refractivity (Wildman–Crippen MR) is 163 cm³/mol. The average molecular weight is 590 g/mol. The van der Waals surface area contributed by atoms with Gasteiger partial charge in [0.25, 0.3) is 6.43 Å². The number of rotatable bonds is 9. The van der Waals surface area contributed by atoms with Gasteiger partial charge in [-0.05, 0) is 61.9 Å². The summed E-state index contributed by atoms with van der Waals surface area (Å²) in [6.07, 6.45) is 5.15. The molecule has 1 amide bonds. The van der Waals surface area contributed by atoms with E-state index in [9.17, 15) is 19.0 Å². The summed E-state index contributed by atoms with van der Waals surface area (Å²) in [7, 11) is 1.58. The number of amidine groups is 1. The molecule has 3 aliphatic heterocycles. The maximum absolute atomic E-state index is 14.3. The molecule has 0 bridgehead atoms. The van der Waals surface area contributed by atoms with Gasteiger partial charge in [-0.3, -0.25) is 15.2 Å². The lowest BCUT2D eigenvalue weighted by Gasteiger charge is -2.39. The Morgan fingerprint density at radius 2 is 2.00 bits per heavy atom. The van der Waals surface area contributed by atoms with Gasteiger partial charge in [-0.1, -0.05) is 0 Å². The Morgan fingerprint density at radius 3 is 2.63 bits per heavy atom. The lowest BCUT2D eigenvalue weighted by atomic mass is 9.91. The highest BCUT2D eigenvalue weighted by Gasteiger charge is 2.32. The number of fused-ring (bicyclic) bond motifs is 1. The van der Waals surface area contributed by atoms with Gasteiger partial charge in [-0.2, -0.15) is 0 Å². The number of nitrogens with zero attached hydrogens (tertiary/aromatic N) is 4. The molecule has 1 fully saturated rings. The van der Waals surface area contributed by atoms with Gasteiger partial charge in [0, 0.05) is 99.0 Å². The third kappa shape index (κ3) is 7.27. The second-order valence-electron chi connectivity index (χ2n) is 10.9. The van der Waals surface area contributed by atoms with Crippen molar-refractivity contribution in [3.05, 3.63) is 46.3 Å². The quantitative estimate of drug-likeness (QED) is 0.223. The second kappa shape index (κ2) is 14.3. The predicted octanol–water partition coefficient (Wildman–Crippen LogP) is 4.54. The number of piperidine rings is 1. The lowest BCUT2D eigenvalue weighted by Crippen LogP contribution is -2.48. The number of benzene rings is 1. The summed E-state index contributed by atoms with van der Waals surface area (Å²) in [6.45, 7) is 6.00. The number of aryl methyl sites for hydroxylation is 1. The van der Waals surface area contributed by atoms with E-state index in [-0.39, 0.29) is 23.3 Å². The van der Waals surface area contributed by atoms with E-state index in [1.54, 1.807) is 24.9 Å². The molecule has 4 N–H and O–H groups in total. The van der Waals surface area contributed by atoms with Crippen molar-refractivity contribution >= 4 is 40.8 Å². The third-order valence-electron chi connectivity index (χ3n) is 8.28. The number of anilines is 1. The minimum Gasteiger partial charge on any atom is -0.404 e. The summed E-state index contributed by atoms with van der Waals surface area (Å²) in [6, 6.07) is 3.56. The number of hydrogen-bond acceptors (Lipinski definition) is 6. The fourth-order valence-electron chi connectivity index (χ4n) is 6.06. The van der Waals surface area contributed by atoms with Gasteiger partial charge >= 0.3 is 0 Å². The smallest absolute Gasteiger partial charge is 0.264 e. The normalized spacial score (nSPS) is 19.3. The second-order valence-corrected chi connectivity index (χ2v) is 11.3. The molecule has 3 aliphatic rings. The van der Waals surface area contributed by atoms with Gasteiger partial charge in [-0.15, -0.1) is 11.6 Å². The monoisotopic (exact) mass is 589 g/mol. The third-order valence-corrected chi connectivity index (χ3v) is 8.55. The highest BCUT2D eigenvalue weighted by Crippen LogP contribution is 2.38. The fraction of sp³-hybridized carbons (Fsp3) is 0.567. The first-order chi connectivity index (χ1) is 19.8. The van der Waals surface area contributed by atoms with Gasteiger partial charge in [0.2, 0.25) is 5.91 Å². The van der Waals surface area contributed by atoms with E-state index in [0.717, 1.165) is 62.2 Å². The molecule has 1 aromatic rings. The number of likely N-dealkylation sites (tertiary alicyclic amines) is 1. The average Bonchev–Trinajstić information content (AvgIpc) is 2.98. The molecule has 1 aromatic carbocycles. The van der Waals surface area contributed by atoms with Crippen LogP contribution in [0.1, 0.15) is 62.1 Å². The maximum atomic E-state index is 14.3. The first-order valence-electron chi connectivity index (χ1n) is 14.5. The molecular formula is C30H42ClF2N7O. The number of allylic oxidation sites excluding steroid dienone is 1. The standard InChI is InChI=1S/C30H42ClF2N7O/c1-20(41)39-14-8-27(37-23-6-12-38(13-7-23)10-4-9-31)26(19-39)30(35)40-11-3-5-21-15-24(22(17-34)18-36-2)25(29(32)33)16-28(21)40/h15-18,23,29,35,37H,3-14,19,34H2,1-2H3. The number of hydrogen-bond donors (Lipinski definition) is 3. The Balaban J connectivity index is 1.65. The SMILES string of the molecule is CN=CC(=CN)c1cc2c(cc1C(F)F)N(C(=N)C1=C(NC3CCN(CCCCl)CC3)CCN(C(C)=O)C1)CCC2. The van der Waals surface area contributed by atoms with Crippen LogP contribution >= 0.6 is 11.6 Å². The molecule has 0 aliphatic carbocycles. The lowest BCUT2D eigenvalue weighted by molar-refractivity contribution is -0.128. The molecule has 0 spiro atoms. The zero-order chi connectivity index (χ0) is 29.5. The van der Waals surface area contributed by atoms with Crippen LogP contribution in [-0.4, -0.2) is 86.0 Å². The summed E-state index contributed by atoms with van der Waals surface area (Å²) >= 11 is 5.87. The Labute approximate surface area is 246 Å². The number of carbonyl (C=O) groups is 1. The van der Waals surface area contributed by atoms with E-state index < -0.39 is 6.43 Å². The molecule has 0 unspecified atom stereocenters. The van der Waals surface area contributed by atoms with Crippen molar-refractivity contribution in [1.82, 2.24) is 15.1 Å². The van der Waals surface area contributed by atoms with Crippen LogP contribution in [0.2, 0.25) is 0 Å². The van der Waals surface area contributed by atoms with Crippen LogP contribution in [0, 0.1) is 5.41 Å². The number of nitrogens with one attached hydrogen (secondary N) is 2. The summed E-state index contributed by atoms with van der Waals surface area (Å²) in [5, 5.41) is 13.1. The van der Waals surface area contributed by atoms with Crippen LogP contribution in [0.5, 0.6) is 0 Å². The minimum atomic E-state index is -2.72. The Morgan fingerprint density at radius 1 is 1.24 bits per heavy atom. The topological polar surface area (TPSA) is 101 Å². The van der Waals surface area contributed by atoms with Gasteiger partial charge in [0.05, 0.1) is 6.54 Å². The fourth-order valence-corrected chi connectivity index (χ4v) is 6.18. The van der Waals surface area contributed by atoms with Crippen molar-refractivity contribution in [2.75, 3.05) is 57.1 Å². The Hall–Kier alpha value is -2.98. The molecule has 0 aromatic heterocycles. The molecule has 41 heavy (non-hydrogen) atoms. The number of carbonyl (C=O) groups excluding carboxylic acids is 1. The van der Waals surface area contributed by atoms with Gasteiger partial charge in [0.15, 0.2) is 0 Å². The molecule has 1 saturated heterocycles. The van der Waals surface area contributed by atoms with Crippen molar-refractivity contribution in [1.29, 1.82) is 5.41 Å². The molecule has 4 rings (SSSR count). The molecule has 0 atom stereocenters. The van der Waals surface area contributed by atoms with E-state index in [1.807, 2.05) is 4.90 Å². The van der Waals surface area contributed by atoms with E-state index in [2.05, 4.69) is 15.2 Å². The van der Waals surface area contributed by atoms with Crippen molar-refractivity contribution in [3.8, 4) is 0 Å². The van der Waals surface area contributed by atoms with E-state index in [1.165, 1.54) is 18.5 Å². The summed E-state index contributed by atoms with van der Waals surface area (Å²) in [4.78, 5) is 22.3. The van der Waals surface area contributed by atoms with Crippen molar-refractivity contribution in [2.45, 2.75) is 57.9 Å². The highest BCUT2D eigenvalue weighted by atomic mass is 35.5. The van der Waals surface area contributed by atoms with Crippen LogP contribution in [-0.2, 0) is 11.2 Å². The van der Waals surface area contributed by atoms with Crippen LogP contribution < -0.4 is 16.0 Å². The number of aliphatic imine (C=N–C) groups is 1. The van der Waals surface area contributed by atoms with Crippen LogP contribution in [0.15, 0.2) is 34.6 Å². The van der Waals surface area contributed by atoms with Gasteiger partial charge < -0.3 is 25.8 Å². The van der Waals surface area contributed by atoms with Crippen molar-refractivity contribution in [3.63, 3.8) is 0 Å².